The Kier molecular flexibility index (Phi) is 2.88. The quantitative estimate of drug-likeness (QED) is 0.857. The molecule has 0 radical (unpaired) electrons. The lowest BCUT2D eigenvalue weighted by Gasteiger charge is -2.18. The highest BCUT2D eigenvalue weighted by molar-refractivity contribution is 6.31. The van der Waals surface area contributed by atoms with Gasteiger partial charge >= 0.3 is 0 Å². The number of aliphatic hydroxyl groups is 1. The molecule has 1 heterocycles. The first-order valence-electron chi connectivity index (χ1n) is 4.97. The highest BCUT2D eigenvalue weighted by Gasteiger charge is 2.22. The normalized spacial score (nSPS) is 15.2. The third-order valence-electron chi connectivity index (χ3n) is 2.37. The highest BCUT2D eigenvalue weighted by atomic mass is 35.5. The van der Waals surface area contributed by atoms with Gasteiger partial charge < -0.3 is 15.3 Å². The van der Waals surface area contributed by atoms with Crippen molar-refractivity contribution in [2.24, 2.45) is 5.73 Å². The summed E-state index contributed by atoms with van der Waals surface area (Å²) in [5, 5.41) is 10.4. The molecule has 0 aliphatic rings. The first-order chi connectivity index (χ1) is 7.50. The van der Waals surface area contributed by atoms with Gasteiger partial charge in [0.15, 0.2) is 11.5 Å². The van der Waals surface area contributed by atoms with Crippen LogP contribution in [0.25, 0.3) is 11.1 Å². The zero-order valence-corrected chi connectivity index (χ0v) is 9.66. The van der Waals surface area contributed by atoms with E-state index >= 15 is 0 Å². The maximum Gasteiger partial charge on any atom is 0.198 e. The van der Waals surface area contributed by atoms with Crippen LogP contribution in [0.1, 0.15) is 12.8 Å². The van der Waals surface area contributed by atoms with E-state index in [-0.39, 0.29) is 13.0 Å². The van der Waals surface area contributed by atoms with E-state index in [1.54, 1.807) is 25.1 Å². The molecule has 0 spiro atoms. The van der Waals surface area contributed by atoms with Crippen molar-refractivity contribution in [1.82, 2.24) is 4.98 Å². The minimum atomic E-state index is -0.995. The number of nitrogens with zero attached hydrogens (tertiary/aromatic N) is 1. The molecule has 0 aliphatic carbocycles. The maximum absolute atomic E-state index is 9.81. The molecule has 5 heteroatoms. The van der Waals surface area contributed by atoms with Crippen LogP contribution >= 0.6 is 11.6 Å². The van der Waals surface area contributed by atoms with Crippen molar-refractivity contribution in [3.63, 3.8) is 0 Å². The Morgan fingerprint density at radius 2 is 2.31 bits per heavy atom. The Labute approximate surface area is 98.0 Å². The van der Waals surface area contributed by atoms with E-state index in [1.807, 2.05) is 0 Å². The summed E-state index contributed by atoms with van der Waals surface area (Å²) in [6, 6.07) is 5.21. The number of hydrogen-bond acceptors (Lipinski definition) is 4. The highest BCUT2D eigenvalue weighted by Crippen LogP contribution is 2.21. The van der Waals surface area contributed by atoms with Crippen LogP contribution in [0.2, 0.25) is 5.02 Å². The third kappa shape index (κ3) is 2.35. The zero-order valence-electron chi connectivity index (χ0n) is 8.90. The van der Waals surface area contributed by atoms with Crippen molar-refractivity contribution < 1.29 is 9.52 Å². The van der Waals surface area contributed by atoms with Crippen LogP contribution in [-0.2, 0) is 6.42 Å². The van der Waals surface area contributed by atoms with Crippen molar-refractivity contribution in [3.05, 3.63) is 29.1 Å². The van der Waals surface area contributed by atoms with Crippen molar-refractivity contribution >= 4 is 22.7 Å². The van der Waals surface area contributed by atoms with E-state index in [1.165, 1.54) is 0 Å². The molecule has 1 atom stereocenters. The molecular formula is C11H13ClN2O2. The van der Waals surface area contributed by atoms with Gasteiger partial charge in [-0.05, 0) is 25.1 Å². The molecular weight excluding hydrogens is 228 g/mol. The van der Waals surface area contributed by atoms with Gasteiger partial charge in [0.1, 0.15) is 5.52 Å². The van der Waals surface area contributed by atoms with Gasteiger partial charge in [0.25, 0.3) is 0 Å². The second kappa shape index (κ2) is 4.05. The SMILES string of the molecule is CC(O)(CN)Cc1nc2cc(Cl)ccc2o1. The summed E-state index contributed by atoms with van der Waals surface area (Å²) >= 11 is 5.84. The molecule has 0 fully saturated rings. The van der Waals surface area contributed by atoms with E-state index in [0.29, 0.717) is 22.0 Å². The number of benzene rings is 1. The molecule has 4 nitrogen and oxygen atoms in total. The largest absolute Gasteiger partial charge is 0.441 e. The van der Waals surface area contributed by atoms with Crippen LogP contribution < -0.4 is 5.73 Å². The van der Waals surface area contributed by atoms with E-state index in [2.05, 4.69) is 4.98 Å². The van der Waals surface area contributed by atoms with Gasteiger partial charge in [0, 0.05) is 11.6 Å². The number of fused-ring (bicyclic) bond motifs is 1. The van der Waals surface area contributed by atoms with Crippen molar-refractivity contribution in [3.8, 4) is 0 Å². The molecule has 16 heavy (non-hydrogen) atoms. The Hall–Kier alpha value is -1.10. The first kappa shape index (κ1) is 11.4. The molecule has 2 aromatic rings. The van der Waals surface area contributed by atoms with Gasteiger partial charge in [0.2, 0.25) is 0 Å². The number of hydrogen-bond donors (Lipinski definition) is 2. The van der Waals surface area contributed by atoms with Crippen LogP contribution in [-0.4, -0.2) is 22.2 Å². The molecule has 2 rings (SSSR count). The Bertz CT molecular complexity index is 508. The predicted molar refractivity (Wildman–Crippen MR) is 62.4 cm³/mol. The van der Waals surface area contributed by atoms with Gasteiger partial charge in [-0.3, -0.25) is 0 Å². The summed E-state index contributed by atoms with van der Waals surface area (Å²) in [4.78, 5) is 4.24. The Morgan fingerprint density at radius 1 is 1.56 bits per heavy atom. The number of halogens is 1. The monoisotopic (exact) mass is 240 g/mol. The van der Waals surface area contributed by atoms with Crippen LogP contribution in [0.5, 0.6) is 0 Å². The number of rotatable bonds is 3. The van der Waals surface area contributed by atoms with E-state index in [4.69, 9.17) is 21.8 Å². The molecule has 0 amide bonds. The summed E-state index contributed by atoms with van der Waals surface area (Å²) in [5.41, 5.74) is 5.79. The summed E-state index contributed by atoms with van der Waals surface area (Å²) in [6.07, 6.45) is 0.287. The third-order valence-corrected chi connectivity index (χ3v) is 2.60. The van der Waals surface area contributed by atoms with Gasteiger partial charge in [-0.1, -0.05) is 11.6 Å². The fraction of sp³-hybridized carbons (Fsp3) is 0.364. The zero-order chi connectivity index (χ0) is 11.8. The van der Waals surface area contributed by atoms with Crippen molar-refractivity contribution in [2.45, 2.75) is 18.9 Å². The average molecular weight is 241 g/mol. The van der Waals surface area contributed by atoms with Gasteiger partial charge in [-0.15, -0.1) is 0 Å². The second-order valence-corrected chi connectivity index (χ2v) is 4.53. The molecule has 1 unspecified atom stereocenters. The smallest absolute Gasteiger partial charge is 0.198 e. The molecule has 0 aliphatic heterocycles. The minimum Gasteiger partial charge on any atom is -0.441 e. The summed E-state index contributed by atoms with van der Waals surface area (Å²) < 4.78 is 5.48. The number of oxazole rings is 1. The lowest BCUT2D eigenvalue weighted by Crippen LogP contribution is -2.36. The number of aromatic nitrogens is 1. The number of nitrogens with two attached hydrogens (primary N) is 1. The van der Waals surface area contributed by atoms with Gasteiger partial charge in [-0.25, -0.2) is 4.98 Å². The summed E-state index contributed by atoms with van der Waals surface area (Å²) in [6.45, 7) is 1.81. The van der Waals surface area contributed by atoms with Crippen LogP contribution in [0, 0.1) is 0 Å². The molecule has 0 bridgehead atoms. The average Bonchev–Trinajstić information content (AvgIpc) is 2.58. The fourth-order valence-electron chi connectivity index (χ4n) is 1.42. The van der Waals surface area contributed by atoms with Gasteiger partial charge in [0.05, 0.1) is 12.0 Å². The molecule has 0 saturated heterocycles. The van der Waals surface area contributed by atoms with Crippen molar-refractivity contribution in [2.75, 3.05) is 6.54 Å². The standard InChI is InChI=1S/C11H13ClN2O2/c1-11(15,6-13)5-10-14-8-4-7(12)2-3-9(8)16-10/h2-4,15H,5-6,13H2,1H3. The molecule has 1 aromatic heterocycles. The molecule has 3 N–H and O–H groups in total. The minimum absolute atomic E-state index is 0.159. The van der Waals surface area contributed by atoms with Crippen LogP contribution in [0.15, 0.2) is 22.6 Å². The summed E-state index contributed by atoms with van der Waals surface area (Å²) in [5.74, 6) is 0.465. The first-order valence-corrected chi connectivity index (χ1v) is 5.35. The lowest BCUT2D eigenvalue weighted by atomic mass is 10.0. The van der Waals surface area contributed by atoms with E-state index in [0.717, 1.165) is 0 Å². The van der Waals surface area contributed by atoms with E-state index in [9.17, 15) is 5.11 Å². The van der Waals surface area contributed by atoms with Crippen LogP contribution in [0.3, 0.4) is 0 Å². The predicted octanol–water partition coefficient (Wildman–Crippen LogP) is 1.73. The Morgan fingerprint density at radius 3 is 3.00 bits per heavy atom. The fourth-order valence-corrected chi connectivity index (χ4v) is 1.59. The van der Waals surface area contributed by atoms with Crippen LogP contribution in [0.4, 0.5) is 0 Å². The second-order valence-electron chi connectivity index (χ2n) is 4.10. The summed E-state index contributed by atoms with van der Waals surface area (Å²) in [7, 11) is 0. The lowest BCUT2D eigenvalue weighted by molar-refractivity contribution is 0.0632. The Balaban J connectivity index is 2.33. The maximum atomic E-state index is 9.81. The molecule has 0 saturated carbocycles. The molecule has 1 aromatic carbocycles. The van der Waals surface area contributed by atoms with Gasteiger partial charge in [-0.2, -0.15) is 0 Å². The van der Waals surface area contributed by atoms with Crippen molar-refractivity contribution in [1.29, 1.82) is 0 Å². The van der Waals surface area contributed by atoms with E-state index < -0.39 is 5.60 Å². The topological polar surface area (TPSA) is 72.3 Å². The molecule has 86 valence electrons.